The van der Waals surface area contributed by atoms with Crippen molar-refractivity contribution in [1.29, 1.82) is 0 Å². The molecule has 3 heterocycles. The summed E-state index contributed by atoms with van der Waals surface area (Å²) in [5.74, 6) is 1.47. The van der Waals surface area contributed by atoms with Gasteiger partial charge in [-0.15, -0.1) is 0 Å². The van der Waals surface area contributed by atoms with Gasteiger partial charge in [0.2, 0.25) is 5.95 Å². The number of carbonyl (C=O) groups is 1. The molecule has 0 saturated carbocycles. The Morgan fingerprint density at radius 3 is 2.37 bits per heavy atom. The minimum atomic E-state index is -0.490. The van der Waals surface area contributed by atoms with Crippen molar-refractivity contribution in [3.8, 4) is 5.75 Å². The summed E-state index contributed by atoms with van der Waals surface area (Å²) < 4.78 is 17.5. The Labute approximate surface area is 212 Å². The van der Waals surface area contributed by atoms with Gasteiger partial charge in [0.1, 0.15) is 17.5 Å². The molecule has 1 amide bonds. The lowest BCUT2D eigenvalue weighted by molar-refractivity contribution is -0.0691. The van der Waals surface area contributed by atoms with Crippen molar-refractivity contribution in [1.82, 2.24) is 14.9 Å². The summed E-state index contributed by atoms with van der Waals surface area (Å²) in [6, 6.07) is 5.77. The maximum Gasteiger partial charge on any atom is 0.410 e. The second-order valence-corrected chi connectivity index (χ2v) is 10.5. The van der Waals surface area contributed by atoms with E-state index in [1.807, 2.05) is 51.4 Å². The molecule has 9 heteroatoms. The van der Waals surface area contributed by atoms with E-state index in [1.54, 1.807) is 4.90 Å². The van der Waals surface area contributed by atoms with Crippen molar-refractivity contribution in [2.45, 2.75) is 71.4 Å². The molecule has 0 atom stereocenters. The second kappa shape index (κ2) is 11.0. The molecule has 0 unspecified atom stereocenters. The molecule has 2 aromatic rings. The molecule has 0 radical (unpaired) electrons. The number of carbonyl (C=O) groups excluding carboxylic acids is 1. The van der Waals surface area contributed by atoms with E-state index in [4.69, 9.17) is 25.8 Å². The van der Waals surface area contributed by atoms with Crippen molar-refractivity contribution in [2.24, 2.45) is 0 Å². The number of nitrogens with zero attached hydrogens (tertiary/aromatic N) is 4. The number of aromatic nitrogens is 2. The summed E-state index contributed by atoms with van der Waals surface area (Å²) in [6.07, 6.45) is 6.32. The van der Waals surface area contributed by atoms with Gasteiger partial charge in [-0.25, -0.2) is 14.8 Å². The Kier molecular flexibility index (Phi) is 8.02. The maximum atomic E-state index is 12.0. The summed E-state index contributed by atoms with van der Waals surface area (Å²) in [6.45, 7) is 10.9. The molecule has 0 bridgehead atoms. The molecular formula is C26H35ClN4O4. The minimum absolute atomic E-state index is 0.00422. The molecule has 35 heavy (non-hydrogen) atoms. The van der Waals surface area contributed by atoms with Gasteiger partial charge in [0, 0.05) is 38.3 Å². The zero-order chi connectivity index (χ0) is 25.0. The van der Waals surface area contributed by atoms with Crippen LogP contribution < -0.4 is 9.64 Å². The molecule has 0 spiro atoms. The van der Waals surface area contributed by atoms with Gasteiger partial charge in [0.25, 0.3) is 0 Å². The van der Waals surface area contributed by atoms with E-state index < -0.39 is 5.60 Å². The van der Waals surface area contributed by atoms with Crippen molar-refractivity contribution in [3.05, 3.63) is 46.7 Å². The number of hydrogen-bond donors (Lipinski definition) is 0. The van der Waals surface area contributed by atoms with Crippen LogP contribution in [0.1, 0.15) is 51.7 Å². The van der Waals surface area contributed by atoms with Gasteiger partial charge in [0.05, 0.1) is 30.8 Å². The molecule has 2 aliphatic heterocycles. The lowest BCUT2D eigenvalue weighted by atomic mass is 10.1. The van der Waals surface area contributed by atoms with Crippen LogP contribution in [0.4, 0.5) is 10.7 Å². The fourth-order valence-corrected chi connectivity index (χ4v) is 4.26. The number of likely N-dealkylation sites (tertiary alicyclic amines) is 1. The highest BCUT2D eigenvalue weighted by molar-refractivity contribution is 6.32. The van der Waals surface area contributed by atoms with Gasteiger partial charge in [0.15, 0.2) is 0 Å². The number of halogens is 1. The molecule has 2 saturated heterocycles. The normalized spacial score (nSPS) is 17.3. The van der Waals surface area contributed by atoms with Gasteiger partial charge < -0.3 is 24.0 Å². The highest BCUT2D eigenvalue weighted by atomic mass is 35.5. The lowest BCUT2D eigenvalue weighted by Gasteiger charge is -2.39. The third-order valence-corrected chi connectivity index (χ3v) is 6.40. The number of benzene rings is 1. The zero-order valence-electron chi connectivity index (χ0n) is 21.0. The third-order valence-electron chi connectivity index (χ3n) is 6.10. The number of amides is 1. The monoisotopic (exact) mass is 502 g/mol. The molecule has 0 aliphatic carbocycles. The molecule has 190 valence electrons. The molecular weight excluding hydrogens is 468 g/mol. The molecule has 1 aromatic heterocycles. The largest absolute Gasteiger partial charge is 0.489 e. The smallest absolute Gasteiger partial charge is 0.410 e. The summed E-state index contributed by atoms with van der Waals surface area (Å²) in [4.78, 5) is 24.9. The molecule has 4 rings (SSSR count). The Balaban J connectivity index is 1.19. The van der Waals surface area contributed by atoms with Crippen LogP contribution >= 0.6 is 11.6 Å². The van der Waals surface area contributed by atoms with E-state index in [0.717, 1.165) is 49.4 Å². The van der Waals surface area contributed by atoms with E-state index in [2.05, 4.69) is 21.8 Å². The van der Waals surface area contributed by atoms with Crippen LogP contribution in [0.25, 0.3) is 0 Å². The van der Waals surface area contributed by atoms with Crippen molar-refractivity contribution < 1.29 is 19.0 Å². The van der Waals surface area contributed by atoms with Crippen molar-refractivity contribution in [2.75, 3.05) is 31.1 Å². The molecule has 2 fully saturated rings. The van der Waals surface area contributed by atoms with E-state index in [1.165, 1.54) is 0 Å². The fraction of sp³-hybridized carbons (Fsp3) is 0.577. The predicted octanol–water partition coefficient (Wildman–Crippen LogP) is 4.88. The fourth-order valence-electron chi connectivity index (χ4n) is 4.01. The van der Waals surface area contributed by atoms with Gasteiger partial charge in [-0.2, -0.15) is 0 Å². The first-order valence-electron chi connectivity index (χ1n) is 12.3. The van der Waals surface area contributed by atoms with E-state index in [-0.39, 0.29) is 18.3 Å². The highest BCUT2D eigenvalue weighted by Gasteiger charge is 2.34. The summed E-state index contributed by atoms with van der Waals surface area (Å²) in [5.41, 5.74) is 1.63. The Bertz CT molecular complexity index is 997. The predicted molar refractivity (Wildman–Crippen MR) is 135 cm³/mol. The summed E-state index contributed by atoms with van der Waals surface area (Å²) in [5, 5.41) is 0.580. The Morgan fingerprint density at radius 1 is 1.09 bits per heavy atom. The van der Waals surface area contributed by atoms with Crippen LogP contribution in [-0.4, -0.2) is 64.9 Å². The van der Waals surface area contributed by atoms with Crippen LogP contribution in [-0.2, 0) is 22.5 Å². The molecule has 2 aliphatic rings. The van der Waals surface area contributed by atoms with Crippen LogP contribution in [0.2, 0.25) is 5.02 Å². The second-order valence-electron chi connectivity index (χ2n) is 10.1. The first-order chi connectivity index (χ1) is 16.7. The van der Waals surface area contributed by atoms with Crippen LogP contribution in [0.15, 0.2) is 30.6 Å². The standard InChI is InChI=1S/C26H35ClN4O4/c1-5-18-13-28-24(29-14-18)30-10-8-20(9-11-30)34-23-7-6-19(12-22(23)27)17-33-21-15-31(16-21)25(32)35-26(2,3)4/h6-7,12-14,20-21H,5,8-11,15-17H2,1-4H3. The van der Waals surface area contributed by atoms with E-state index in [0.29, 0.717) is 30.5 Å². The Hall–Kier alpha value is -2.58. The van der Waals surface area contributed by atoms with Crippen molar-refractivity contribution in [3.63, 3.8) is 0 Å². The SMILES string of the molecule is CCc1cnc(N2CCC(Oc3ccc(COC4CN(C(=O)OC(C)(C)C)C4)cc3Cl)CC2)nc1. The van der Waals surface area contributed by atoms with E-state index >= 15 is 0 Å². The highest BCUT2D eigenvalue weighted by Crippen LogP contribution is 2.29. The van der Waals surface area contributed by atoms with Crippen LogP contribution in [0.3, 0.4) is 0 Å². The minimum Gasteiger partial charge on any atom is -0.489 e. The summed E-state index contributed by atoms with van der Waals surface area (Å²) in [7, 11) is 0. The van der Waals surface area contributed by atoms with Gasteiger partial charge in [-0.1, -0.05) is 24.6 Å². The zero-order valence-corrected chi connectivity index (χ0v) is 21.8. The van der Waals surface area contributed by atoms with Gasteiger partial charge in [-0.05, 0) is 50.5 Å². The molecule has 0 N–H and O–H groups in total. The number of ether oxygens (including phenoxy) is 3. The lowest BCUT2D eigenvalue weighted by Crippen LogP contribution is -2.55. The number of rotatable bonds is 7. The first kappa shape index (κ1) is 25.5. The van der Waals surface area contributed by atoms with Gasteiger partial charge in [-0.3, -0.25) is 0 Å². The third kappa shape index (κ3) is 6.98. The number of hydrogen-bond acceptors (Lipinski definition) is 7. The number of aryl methyl sites for hydroxylation is 1. The molecule has 1 aromatic carbocycles. The Morgan fingerprint density at radius 2 is 1.77 bits per heavy atom. The average molecular weight is 503 g/mol. The molecule has 8 nitrogen and oxygen atoms in total. The van der Waals surface area contributed by atoms with Crippen molar-refractivity contribution >= 4 is 23.6 Å². The quantitative estimate of drug-likeness (QED) is 0.534. The average Bonchev–Trinajstić information content (AvgIpc) is 2.79. The summed E-state index contributed by atoms with van der Waals surface area (Å²) >= 11 is 6.51. The topological polar surface area (TPSA) is 77.0 Å². The number of anilines is 1. The maximum absolute atomic E-state index is 12.0. The van der Waals surface area contributed by atoms with Crippen LogP contribution in [0.5, 0.6) is 5.75 Å². The van der Waals surface area contributed by atoms with E-state index in [9.17, 15) is 4.79 Å². The first-order valence-corrected chi connectivity index (χ1v) is 12.7. The van der Waals surface area contributed by atoms with Crippen LogP contribution in [0, 0.1) is 0 Å². The van der Waals surface area contributed by atoms with Gasteiger partial charge >= 0.3 is 6.09 Å². The number of piperidine rings is 1.